The van der Waals surface area contributed by atoms with Crippen LogP contribution >= 0.6 is 35.0 Å². The van der Waals surface area contributed by atoms with Crippen molar-refractivity contribution in [2.75, 3.05) is 26.5 Å². The van der Waals surface area contributed by atoms with Gasteiger partial charge in [-0.3, -0.25) is 9.36 Å². The zero-order valence-corrected chi connectivity index (χ0v) is 19.2. The molecule has 0 aliphatic rings. The molecule has 0 saturated heterocycles. The van der Waals surface area contributed by atoms with Crippen molar-refractivity contribution >= 4 is 40.9 Å². The zero-order valence-electron chi connectivity index (χ0n) is 16.9. The van der Waals surface area contributed by atoms with Gasteiger partial charge in [0.05, 0.1) is 31.0 Å². The Morgan fingerprint density at radius 2 is 2.00 bits per heavy atom. The highest BCUT2D eigenvalue weighted by Gasteiger charge is 2.21. The van der Waals surface area contributed by atoms with Gasteiger partial charge in [-0.1, -0.05) is 47.1 Å². The highest BCUT2D eigenvalue weighted by molar-refractivity contribution is 7.99. The normalized spacial score (nSPS) is 10.5. The quantitative estimate of drug-likeness (QED) is 0.438. The van der Waals surface area contributed by atoms with E-state index in [4.69, 9.17) is 33.2 Å². The van der Waals surface area contributed by atoms with Crippen molar-refractivity contribution in [2.24, 2.45) is 0 Å². The fourth-order valence-corrected chi connectivity index (χ4v) is 4.05. The van der Waals surface area contributed by atoms with Gasteiger partial charge in [0.25, 0.3) is 0 Å². The number of hydrogen-bond donors (Lipinski definition) is 0. The largest absolute Gasteiger partial charge is 0.495 e. The molecule has 0 saturated carbocycles. The molecule has 3 rings (SSSR count). The number of benzene rings is 2. The number of methoxy groups -OCH3 is 1. The summed E-state index contributed by atoms with van der Waals surface area (Å²) in [5.41, 5.74) is 1.40. The molecule has 10 heteroatoms. The Kier molecular flexibility index (Phi) is 7.80. The molecule has 31 heavy (non-hydrogen) atoms. The van der Waals surface area contributed by atoms with E-state index in [0.717, 1.165) is 5.56 Å². The van der Waals surface area contributed by atoms with Crippen LogP contribution in [-0.4, -0.2) is 52.0 Å². The number of ether oxygens (including phenoxy) is 1. The van der Waals surface area contributed by atoms with Crippen molar-refractivity contribution in [1.82, 2.24) is 19.7 Å². The standard InChI is InChI=1S/C21H19Cl2N5O2S/c1-27(10-4-9-24)19(29)13-31-21-26-25-20(14-5-3-6-15(22)11-14)28(21)17-12-16(23)7-8-18(17)30-2/h3,5-8,11-12H,4,10,13H2,1-2H3. The predicted molar refractivity (Wildman–Crippen MR) is 122 cm³/mol. The SMILES string of the molecule is COc1ccc(Cl)cc1-n1c(SCC(=O)N(C)CCC#N)nnc1-c1cccc(Cl)c1. The van der Waals surface area contributed by atoms with E-state index in [1.54, 1.807) is 49.1 Å². The molecule has 0 aliphatic heterocycles. The third kappa shape index (κ3) is 5.50. The minimum absolute atomic E-state index is 0.114. The number of thioether (sulfide) groups is 1. The van der Waals surface area contributed by atoms with Crippen molar-refractivity contribution in [3.8, 4) is 28.9 Å². The van der Waals surface area contributed by atoms with Crippen LogP contribution in [0, 0.1) is 11.3 Å². The number of hydrogen-bond acceptors (Lipinski definition) is 6. The first-order valence-electron chi connectivity index (χ1n) is 9.23. The maximum absolute atomic E-state index is 12.4. The summed E-state index contributed by atoms with van der Waals surface area (Å²) in [6.45, 7) is 0.373. The van der Waals surface area contributed by atoms with E-state index in [2.05, 4.69) is 10.2 Å². The van der Waals surface area contributed by atoms with Gasteiger partial charge in [0.2, 0.25) is 5.91 Å². The number of nitriles is 1. The van der Waals surface area contributed by atoms with Crippen LogP contribution < -0.4 is 4.74 Å². The molecule has 0 aliphatic carbocycles. The first-order chi connectivity index (χ1) is 14.9. The predicted octanol–water partition coefficient (Wildman–Crippen LogP) is 4.71. The molecule has 0 unspecified atom stereocenters. The zero-order chi connectivity index (χ0) is 22.4. The van der Waals surface area contributed by atoms with Crippen LogP contribution in [0.3, 0.4) is 0 Å². The Bertz CT molecular complexity index is 1130. The average Bonchev–Trinajstić information content (AvgIpc) is 3.19. The summed E-state index contributed by atoms with van der Waals surface area (Å²) < 4.78 is 7.32. The minimum Gasteiger partial charge on any atom is -0.495 e. The first kappa shape index (κ1) is 22.9. The Morgan fingerprint density at radius 3 is 2.71 bits per heavy atom. The highest BCUT2D eigenvalue weighted by atomic mass is 35.5. The number of halogens is 2. The van der Waals surface area contributed by atoms with Crippen molar-refractivity contribution < 1.29 is 9.53 Å². The van der Waals surface area contributed by atoms with E-state index < -0.39 is 0 Å². The van der Waals surface area contributed by atoms with E-state index in [1.807, 2.05) is 18.2 Å². The minimum atomic E-state index is -0.114. The van der Waals surface area contributed by atoms with Gasteiger partial charge in [-0.05, 0) is 30.3 Å². The molecule has 2 aromatic carbocycles. The summed E-state index contributed by atoms with van der Waals surface area (Å²) in [6, 6.07) is 14.5. The molecule has 0 N–H and O–H groups in total. The molecule has 160 valence electrons. The second kappa shape index (κ2) is 10.5. The number of nitrogens with zero attached hydrogens (tertiary/aromatic N) is 5. The number of carbonyl (C=O) groups excluding carboxylic acids is 1. The summed E-state index contributed by atoms with van der Waals surface area (Å²) in [6.07, 6.45) is 0.279. The van der Waals surface area contributed by atoms with Gasteiger partial charge in [0.1, 0.15) is 5.75 Å². The van der Waals surface area contributed by atoms with E-state index >= 15 is 0 Å². The van der Waals surface area contributed by atoms with Crippen LogP contribution in [0.25, 0.3) is 17.1 Å². The fourth-order valence-electron chi connectivity index (χ4n) is 2.81. The molecule has 0 bridgehead atoms. The lowest BCUT2D eigenvalue weighted by Gasteiger charge is -2.16. The number of aromatic nitrogens is 3. The number of carbonyl (C=O) groups is 1. The summed E-state index contributed by atoms with van der Waals surface area (Å²) in [7, 11) is 3.24. The Labute approximate surface area is 194 Å². The van der Waals surface area contributed by atoms with Crippen molar-refractivity contribution in [2.45, 2.75) is 11.6 Å². The van der Waals surface area contributed by atoms with Gasteiger partial charge >= 0.3 is 0 Å². The van der Waals surface area contributed by atoms with Crippen molar-refractivity contribution in [3.05, 3.63) is 52.5 Å². The molecule has 0 atom stereocenters. The lowest BCUT2D eigenvalue weighted by molar-refractivity contribution is -0.127. The smallest absolute Gasteiger partial charge is 0.232 e. The van der Waals surface area contributed by atoms with Crippen molar-refractivity contribution in [3.63, 3.8) is 0 Å². The molecule has 0 fully saturated rings. The summed E-state index contributed by atoms with van der Waals surface area (Å²) in [4.78, 5) is 14.0. The fraction of sp³-hybridized carbons (Fsp3) is 0.238. The van der Waals surface area contributed by atoms with E-state index in [1.165, 1.54) is 16.7 Å². The van der Waals surface area contributed by atoms with Crippen LogP contribution in [0.2, 0.25) is 10.0 Å². The first-order valence-corrected chi connectivity index (χ1v) is 11.0. The monoisotopic (exact) mass is 475 g/mol. The molecule has 0 spiro atoms. The van der Waals surface area contributed by atoms with Crippen LogP contribution in [0.5, 0.6) is 5.75 Å². The molecule has 3 aromatic rings. The van der Waals surface area contributed by atoms with Crippen LogP contribution in [0.4, 0.5) is 0 Å². The van der Waals surface area contributed by atoms with Crippen molar-refractivity contribution in [1.29, 1.82) is 5.26 Å². The lowest BCUT2D eigenvalue weighted by atomic mass is 10.2. The highest BCUT2D eigenvalue weighted by Crippen LogP contribution is 2.34. The molecule has 7 nitrogen and oxygen atoms in total. The Hall–Kier alpha value is -2.73. The van der Waals surface area contributed by atoms with E-state index in [-0.39, 0.29) is 18.1 Å². The third-order valence-electron chi connectivity index (χ3n) is 4.41. The Morgan fingerprint density at radius 1 is 1.23 bits per heavy atom. The summed E-state index contributed by atoms with van der Waals surface area (Å²) in [5, 5.41) is 19.0. The molecule has 0 radical (unpaired) electrons. The molecule has 1 amide bonds. The topological polar surface area (TPSA) is 84.0 Å². The van der Waals surface area contributed by atoms with Crippen LogP contribution in [0.1, 0.15) is 6.42 Å². The van der Waals surface area contributed by atoms with Crippen LogP contribution in [0.15, 0.2) is 47.6 Å². The number of rotatable bonds is 8. The van der Waals surface area contributed by atoms with Gasteiger partial charge in [-0.15, -0.1) is 10.2 Å². The average molecular weight is 476 g/mol. The maximum atomic E-state index is 12.4. The van der Waals surface area contributed by atoms with E-state index in [9.17, 15) is 4.79 Å². The van der Waals surface area contributed by atoms with Gasteiger partial charge in [-0.2, -0.15) is 5.26 Å². The second-order valence-electron chi connectivity index (χ2n) is 6.48. The van der Waals surface area contributed by atoms with Gasteiger partial charge in [0, 0.05) is 29.2 Å². The molecular weight excluding hydrogens is 457 g/mol. The number of amides is 1. The summed E-state index contributed by atoms with van der Waals surface area (Å²) in [5.74, 6) is 1.14. The second-order valence-corrected chi connectivity index (χ2v) is 8.30. The molecule has 1 aromatic heterocycles. The molecule has 1 heterocycles. The van der Waals surface area contributed by atoms with Gasteiger partial charge < -0.3 is 9.64 Å². The summed E-state index contributed by atoms with van der Waals surface area (Å²) >= 11 is 13.7. The lowest BCUT2D eigenvalue weighted by Crippen LogP contribution is -2.29. The van der Waals surface area contributed by atoms with E-state index in [0.29, 0.717) is 39.0 Å². The van der Waals surface area contributed by atoms with Crippen LogP contribution in [-0.2, 0) is 4.79 Å². The van der Waals surface area contributed by atoms with Gasteiger partial charge in [0.15, 0.2) is 11.0 Å². The molecular formula is C21H19Cl2N5O2S. The van der Waals surface area contributed by atoms with Gasteiger partial charge in [-0.25, -0.2) is 0 Å². The maximum Gasteiger partial charge on any atom is 0.232 e. The third-order valence-corrected chi connectivity index (χ3v) is 5.79. The Balaban J connectivity index is 2.02.